The van der Waals surface area contributed by atoms with E-state index in [0.29, 0.717) is 5.92 Å². The molecular formula is C9H16O. The molecule has 0 heterocycles. The van der Waals surface area contributed by atoms with Crippen LogP contribution in [-0.2, 0) is 0 Å². The van der Waals surface area contributed by atoms with Crippen molar-refractivity contribution in [2.24, 2.45) is 11.8 Å². The normalized spacial score (nSPS) is 34.6. The summed E-state index contributed by atoms with van der Waals surface area (Å²) in [5, 5.41) is 9.36. The van der Waals surface area contributed by atoms with Gasteiger partial charge in [0, 0.05) is 0 Å². The van der Waals surface area contributed by atoms with Gasteiger partial charge in [0.05, 0.1) is 6.10 Å². The van der Waals surface area contributed by atoms with Gasteiger partial charge < -0.3 is 5.11 Å². The van der Waals surface area contributed by atoms with Crippen molar-refractivity contribution in [3.63, 3.8) is 0 Å². The number of rotatable bonds is 3. The minimum Gasteiger partial charge on any atom is -0.389 e. The summed E-state index contributed by atoms with van der Waals surface area (Å²) in [4.78, 5) is 0. The zero-order valence-electron chi connectivity index (χ0n) is 6.59. The van der Waals surface area contributed by atoms with Crippen molar-refractivity contribution in [1.82, 2.24) is 0 Å². The van der Waals surface area contributed by atoms with Crippen molar-refractivity contribution in [3.8, 4) is 0 Å². The van der Waals surface area contributed by atoms with E-state index >= 15 is 0 Å². The first-order chi connectivity index (χ1) is 4.79. The van der Waals surface area contributed by atoms with E-state index in [9.17, 15) is 5.11 Å². The van der Waals surface area contributed by atoms with Crippen LogP contribution in [0, 0.1) is 11.8 Å². The maximum atomic E-state index is 9.36. The monoisotopic (exact) mass is 140 g/mol. The number of aliphatic hydroxyl groups is 1. The van der Waals surface area contributed by atoms with E-state index in [2.05, 4.69) is 13.5 Å². The first-order valence-corrected chi connectivity index (χ1v) is 4.10. The van der Waals surface area contributed by atoms with Gasteiger partial charge in [-0.3, -0.25) is 0 Å². The Balaban J connectivity index is 2.34. The molecule has 1 aliphatic carbocycles. The van der Waals surface area contributed by atoms with Crippen LogP contribution in [0.15, 0.2) is 12.7 Å². The molecule has 0 amide bonds. The van der Waals surface area contributed by atoms with Gasteiger partial charge in [-0.25, -0.2) is 0 Å². The second-order valence-electron chi connectivity index (χ2n) is 3.14. The first-order valence-electron chi connectivity index (χ1n) is 4.10. The van der Waals surface area contributed by atoms with Crippen LogP contribution >= 0.6 is 0 Å². The Morgan fingerprint density at radius 1 is 1.70 bits per heavy atom. The summed E-state index contributed by atoms with van der Waals surface area (Å²) < 4.78 is 0. The van der Waals surface area contributed by atoms with E-state index in [4.69, 9.17) is 0 Å². The van der Waals surface area contributed by atoms with Crippen molar-refractivity contribution in [1.29, 1.82) is 0 Å². The zero-order valence-corrected chi connectivity index (χ0v) is 6.59. The Morgan fingerprint density at radius 3 is 2.70 bits per heavy atom. The fourth-order valence-corrected chi connectivity index (χ4v) is 1.73. The number of hydrogen-bond donors (Lipinski definition) is 1. The average Bonchev–Trinajstić information content (AvgIpc) is 1.86. The summed E-state index contributed by atoms with van der Waals surface area (Å²) in [6.07, 6.45) is 5.10. The van der Waals surface area contributed by atoms with Crippen molar-refractivity contribution in [2.45, 2.75) is 32.3 Å². The van der Waals surface area contributed by atoms with Crippen LogP contribution in [0.1, 0.15) is 26.2 Å². The molecule has 1 nitrogen and oxygen atoms in total. The molecule has 1 aliphatic rings. The van der Waals surface area contributed by atoms with Crippen LogP contribution in [0.2, 0.25) is 0 Å². The van der Waals surface area contributed by atoms with E-state index < -0.39 is 0 Å². The second kappa shape index (κ2) is 3.20. The Bertz CT molecular complexity index is 118. The maximum Gasteiger partial charge on any atom is 0.0749 e. The Labute approximate surface area is 62.8 Å². The lowest BCUT2D eigenvalue weighted by atomic mass is 9.69. The Morgan fingerprint density at radius 2 is 2.40 bits per heavy atom. The molecule has 1 rings (SSSR count). The highest BCUT2D eigenvalue weighted by Crippen LogP contribution is 2.38. The topological polar surface area (TPSA) is 20.2 Å². The third-order valence-corrected chi connectivity index (χ3v) is 2.68. The van der Waals surface area contributed by atoms with E-state index in [1.165, 1.54) is 19.3 Å². The van der Waals surface area contributed by atoms with Crippen molar-refractivity contribution >= 4 is 0 Å². The molecule has 3 atom stereocenters. The van der Waals surface area contributed by atoms with Crippen LogP contribution < -0.4 is 0 Å². The lowest BCUT2D eigenvalue weighted by Gasteiger charge is -2.38. The maximum absolute atomic E-state index is 9.36. The van der Waals surface area contributed by atoms with Gasteiger partial charge >= 0.3 is 0 Å². The third-order valence-electron chi connectivity index (χ3n) is 2.68. The van der Waals surface area contributed by atoms with Gasteiger partial charge in [-0.1, -0.05) is 19.4 Å². The minimum atomic E-state index is -0.251. The van der Waals surface area contributed by atoms with Gasteiger partial charge in [0.15, 0.2) is 0 Å². The molecule has 58 valence electrons. The number of aliphatic hydroxyl groups excluding tert-OH is 1. The van der Waals surface area contributed by atoms with Crippen LogP contribution in [0.5, 0.6) is 0 Å². The largest absolute Gasteiger partial charge is 0.389 e. The lowest BCUT2D eigenvalue weighted by molar-refractivity contribution is 0.0413. The highest BCUT2D eigenvalue weighted by molar-refractivity contribution is 4.92. The van der Waals surface area contributed by atoms with Gasteiger partial charge in [0.1, 0.15) is 0 Å². The van der Waals surface area contributed by atoms with Gasteiger partial charge in [-0.15, -0.1) is 6.58 Å². The summed E-state index contributed by atoms with van der Waals surface area (Å²) in [6.45, 7) is 5.77. The molecule has 0 aromatic carbocycles. The molecule has 1 fully saturated rings. The van der Waals surface area contributed by atoms with E-state index in [0.717, 1.165) is 5.92 Å². The average molecular weight is 140 g/mol. The van der Waals surface area contributed by atoms with Gasteiger partial charge in [0.2, 0.25) is 0 Å². The molecule has 0 aromatic rings. The van der Waals surface area contributed by atoms with Crippen LogP contribution in [0.25, 0.3) is 0 Å². The molecule has 10 heavy (non-hydrogen) atoms. The summed E-state index contributed by atoms with van der Waals surface area (Å²) in [7, 11) is 0. The van der Waals surface area contributed by atoms with Crippen LogP contribution in [0.3, 0.4) is 0 Å². The van der Waals surface area contributed by atoms with Crippen LogP contribution in [0.4, 0.5) is 0 Å². The molecule has 0 unspecified atom stereocenters. The molecular weight excluding hydrogens is 124 g/mol. The number of hydrogen-bond acceptors (Lipinski definition) is 1. The molecule has 0 saturated heterocycles. The fourth-order valence-electron chi connectivity index (χ4n) is 1.73. The van der Waals surface area contributed by atoms with Gasteiger partial charge in [-0.05, 0) is 24.7 Å². The summed E-state index contributed by atoms with van der Waals surface area (Å²) in [5.74, 6) is 1.27. The van der Waals surface area contributed by atoms with Crippen molar-refractivity contribution < 1.29 is 5.11 Å². The van der Waals surface area contributed by atoms with Gasteiger partial charge in [-0.2, -0.15) is 0 Å². The smallest absolute Gasteiger partial charge is 0.0749 e. The molecule has 1 saturated carbocycles. The summed E-state index contributed by atoms with van der Waals surface area (Å²) in [6, 6.07) is 0. The first kappa shape index (κ1) is 7.80. The summed E-state index contributed by atoms with van der Waals surface area (Å²) >= 11 is 0. The molecule has 0 aromatic heterocycles. The highest BCUT2D eigenvalue weighted by Gasteiger charge is 2.33. The van der Waals surface area contributed by atoms with E-state index in [1.54, 1.807) is 6.08 Å². The highest BCUT2D eigenvalue weighted by atomic mass is 16.3. The van der Waals surface area contributed by atoms with E-state index in [1.807, 2.05) is 0 Å². The van der Waals surface area contributed by atoms with Gasteiger partial charge in [0.25, 0.3) is 0 Å². The molecule has 0 aliphatic heterocycles. The predicted molar refractivity (Wildman–Crippen MR) is 42.7 cm³/mol. The molecule has 1 N–H and O–H groups in total. The van der Waals surface area contributed by atoms with Crippen LogP contribution in [-0.4, -0.2) is 11.2 Å². The standard InChI is InChI=1S/C9H16O/c1-3-7-5-6-8(7)9(10)4-2/h4,7-10H,2-3,5-6H2,1H3/t7-,8-,9+/m1/s1. The lowest BCUT2D eigenvalue weighted by Crippen LogP contribution is -2.34. The molecule has 0 radical (unpaired) electrons. The van der Waals surface area contributed by atoms with Crippen molar-refractivity contribution in [2.75, 3.05) is 0 Å². The molecule has 0 spiro atoms. The Hall–Kier alpha value is -0.300. The quantitative estimate of drug-likeness (QED) is 0.594. The third kappa shape index (κ3) is 1.24. The molecule has 1 heteroatoms. The second-order valence-corrected chi connectivity index (χ2v) is 3.14. The SMILES string of the molecule is C=C[C@H](O)[C@@H]1CC[C@H]1CC. The fraction of sp³-hybridized carbons (Fsp3) is 0.778. The van der Waals surface area contributed by atoms with E-state index in [-0.39, 0.29) is 6.10 Å². The molecule has 0 bridgehead atoms. The summed E-state index contributed by atoms with van der Waals surface area (Å²) in [5.41, 5.74) is 0. The predicted octanol–water partition coefficient (Wildman–Crippen LogP) is 1.97. The minimum absolute atomic E-state index is 0.251. The zero-order chi connectivity index (χ0) is 7.56. The Kier molecular flexibility index (Phi) is 2.50. The van der Waals surface area contributed by atoms with Crippen molar-refractivity contribution in [3.05, 3.63) is 12.7 Å².